The standard InChI is InChI=1S/C17H22N2O3/c1-17(2,3)14-10(6-8-21-14)15-18-16(22-19-15)12-9-11(12)13-5-4-7-20-13/h4-5,7,10-12,14H,6,8-9H2,1-3H3/t10-,11+,12+,14-/m0/s1. The largest absolute Gasteiger partial charge is 0.469 e. The molecule has 0 spiro atoms. The van der Waals surface area contributed by atoms with E-state index in [0.717, 1.165) is 36.9 Å². The van der Waals surface area contributed by atoms with Gasteiger partial charge < -0.3 is 13.7 Å². The van der Waals surface area contributed by atoms with Gasteiger partial charge in [-0.05, 0) is 30.4 Å². The Labute approximate surface area is 130 Å². The summed E-state index contributed by atoms with van der Waals surface area (Å²) in [6.07, 6.45) is 3.86. The maximum Gasteiger partial charge on any atom is 0.230 e. The minimum Gasteiger partial charge on any atom is -0.469 e. The molecule has 1 saturated heterocycles. The van der Waals surface area contributed by atoms with Gasteiger partial charge in [-0.2, -0.15) is 4.98 Å². The van der Waals surface area contributed by atoms with Crippen LogP contribution in [0.1, 0.15) is 68.8 Å². The first-order chi connectivity index (χ1) is 10.5. The van der Waals surface area contributed by atoms with Crippen LogP contribution in [0.2, 0.25) is 0 Å². The zero-order valence-electron chi connectivity index (χ0n) is 13.3. The van der Waals surface area contributed by atoms with Crippen LogP contribution in [0.5, 0.6) is 0 Å². The number of ether oxygens (including phenoxy) is 1. The van der Waals surface area contributed by atoms with E-state index in [0.29, 0.717) is 11.8 Å². The van der Waals surface area contributed by atoms with Crippen molar-refractivity contribution < 1.29 is 13.7 Å². The van der Waals surface area contributed by atoms with Crippen LogP contribution in [-0.2, 0) is 4.74 Å². The highest BCUT2D eigenvalue weighted by molar-refractivity contribution is 5.23. The van der Waals surface area contributed by atoms with E-state index < -0.39 is 0 Å². The van der Waals surface area contributed by atoms with E-state index in [1.807, 2.05) is 12.1 Å². The summed E-state index contributed by atoms with van der Waals surface area (Å²) in [4.78, 5) is 4.68. The van der Waals surface area contributed by atoms with Crippen molar-refractivity contribution >= 4 is 0 Å². The van der Waals surface area contributed by atoms with Crippen molar-refractivity contribution in [1.29, 1.82) is 0 Å². The predicted molar refractivity (Wildman–Crippen MR) is 79.7 cm³/mol. The molecule has 5 heteroatoms. The average molecular weight is 302 g/mol. The number of nitrogens with zero attached hydrogens (tertiary/aromatic N) is 2. The van der Waals surface area contributed by atoms with Crippen LogP contribution in [0.15, 0.2) is 27.3 Å². The van der Waals surface area contributed by atoms with Gasteiger partial charge in [0.2, 0.25) is 5.89 Å². The molecule has 0 amide bonds. The number of furan rings is 1. The zero-order chi connectivity index (χ0) is 15.3. The Morgan fingerprint density at radius 1 is 1.18 bits per heavy atom. The smallest absolute Gasteiger partial charge is 0.230 e. The molecule has 22 heavy (non-hydrogen) atoms. The molecule has 2 aromatic heterocycles. The van der Waals surface area contributed by atoms with E-state index in [1.54, 1.807) is 6.26 Å². The predicted octanol–water partition coefficient (Wildman–Crippen LogP) is 3.85. The van der Waals surface area contributed by atoms with Gasteiger partial charge in [0.25, 0.3) is 0 Å². The first kappa shape index (κ1) is 14.0. The topological polar surface area (TPSA) is 61.3 Å². The molecule has 0 aromatic carbocycles. The van der Waals surface area contributed by atoms with Crippen LogP contribution in [0.3, 0.4) is 0 Å². The fourth-order valence-electron chi connectivity index (χ4n) is 3.54. The third kappa shape index (κ3) is 2.37. The Morgan fingerprint density at radius 3 is 2.77 bits per heavy atom. The molecule has 4 rings (SSSR count). The van der Waals surface area contributed by atoms with Gasteiger partial charge in [-0.15, -0.1) is 0 Å². The number of hydrogen-bond acceptors (Lipinski definition) is 5. The first-order valence-corrected chi connectivity index (χ1v) is 8.02. The Morgan fingerprint density at radius 2 is 2.05 bits per heavy atom. The first-order valence-electron chi connectivity index (χ1n) is 8.02. The molecule has 118 valence electrons. The molecule has 5 nitrogen and oxygen atoms in total. The average Bonchev–Trinajstić information content (AvgIpc) is 3.00. The van der Waals surface area contributed by atoms with Gasteiger partial charge in [0.05, 0.1) is 18.3 Å². The molecule has 2 aliphatic rings. The van der Waals surface area contributed by atoms with Crippen molar-refractivity contribution in [2.24, 2.45) is 5.41 Å². The second kappa shape index (κ2) is 4.95. The molecule has 2 fully saturated rings. The highest BCUT2D eigenvalue weighted by Crippen LogP contribution is 2.54. The van der Waals surface area contributed by atoms with Crippen LogP contribution in [0.4, 0.5) is 0 Å². The molecule has 0 bridgehead atoms. The Bertz CT molecular complexity index is 641. The maximum absolute atomic E-state index is 5.91. The third-order valence-electron chi connectivity index (χ3n) is 4.75. The molecule has 4 atom stereocenters. The van der Waals surface area contributed by atoms with Crippen molar-refractivity contribution in [3.8, 4) is 0 Å². The SMILES string of the molecule is CC(C)(C)[C@H]1OCC[C@@H]1c1noc([C@@H]2C[C@H]2c2ccco2)n1. The summed E-state index contributed by atoms with van der Waals surface area (Å²) in [6, 6.07) is 3.94. The molecular formula is C17H22N2O3. The Balaban J connectivity index is 1.51. The van der Waals surface area contributed by atoms with Crippen molar-refractivity contribution in [2.45, 2.75) is 57.5 Å². The molecule has 1 aliphatic heterocycles. The normalized spacial score (nSPS) is 31.6. The quantitative estimate of drug-likeness (QED) is 0.861. The second-order valence-corrected chi connectivity index (χ2v) is 7.51. The van der Waals surface area contributed by atoms with Crippen LogP contribution in [-0.4, -0.2) is 22.9 Å². The van der Waals surface area contributed by atoms with E-state index in [9.17, 15) is 0 Å². The lowest BCUT2D eigenvalue weighted by Gasteiger charge is -2.29. The Hall–Kier alpha value is -1.62. The molecular weight excluding hydrogens is 280 g/mol. The lowest BCUT2D eigenvalue weighted by atomic mass is 9.81. The van der Waals surface area contributed by atoms with Crippen LogP contribution in [0.25, 0.3) is 0 Å². The summed E-state index contributed by atoms with van der Waals surface area (Å²) in [5.41, 5.74) is 0.0816. The Kier molecular flexibility index (Phi) is 3.15. The van der Waals surface area contributed by atoms with Crippen LogP contribution < -0.4 is 0 Å². The minimum absolute atomic E-state index is 0.0816. The van der Waals surface area contributed by atoms with Gasteiger partial charge in [0.15, 0.2) is 5.82 Å². The molecule has 0 radical (unpaired) electrons. The van der Waals surface area contributed by atoms with Gasteiger partial charge in [-0.25, -0.2) is 0 Å². The van der Waals surface area contributed by atoms with E-state index in [1.165, 1.54) is 0 Å². The van der Waals surface area contributed by atoms with Gasteiger partial charge in [0.1, 0.15) is 5.76 Å². The summed E-state index contributed by atoms with van der Waals surface area (Å²) < 4.78 is 16.9. The van der Waals surface area contributed by atoms with Crippen molar-refractivity contribution in [3.63, 3.8) is 0 Å². The highest BCUT2D eigenvalue weighted by atomic mass is 16.5. The fourth-order valence-corrected chi connectivity index (χ4v) is 3.54. The molecule has 0 unspecified atom stereocenters. The summed E-state index contributed by atoms with van der Waals surface area (Å²) in [6.45, 7) is 7.37. The lowest BCUT2D eigenvalue weighted by Crippen LogP contribution is -2.30. The molecule has 2 aromatic rings. The van der Waals surface area contributed by atoms with E-state index in [4.69, 9.17) is 13.7 Å². The third-order valence-corrected chi connectivity index (χ3v) is 4.75. The van der Waals surface area contributed by atoms with E-state index in [2.05, 4.69) is 30.9 Å². The van der Waals surface area contributed by atoms with Crippen molar-refractivity contribution in [2.75, 3.05) is 6.61 Å². The molecule has 1 aliphatic carbocycles. The highest BCUT2D eigenvalue weighted by Gasteiger charge is 2.47. The number of rotatable bonds is 3. The van der Waals surface area contributed by atoms with E-state index >= 15 is 0 Å². The van der Waals surface area contributed by atoms with Gasteiger partial charge >= 0.3 is 0 Å². The van der Waals surface area contributed by atoms with Crippen LogP contribution >= 0.6 is 0 Å². The van der Waals surface area contributed by atoms with E-state index in [-0.39, 0.29) is 17.4 Å². The van der Waals surface area contributed by atoms with Crippen molar-refractivity contribution in [1.82, 2.24) is 10.1 Å². The van der Waals surface area contributed by atoms with Crippen molar-refractivity contribution in [3.05, 3.63) is 35.9 Å². The second-order valence-electron chi connectivity index (χ2n) is 7.51. The summed E-state index contributed by atoms with van der Waals surface area (Å²) in [7, 11) is 0. The minimum atomic E-state index is 0.0816. The van der Waals surface area contributed by atoms with Gasteiger partial charge in [-0.1, -0.05) is 25.9 Å². The molecule has 1 saturated carbocycles. The van der Waals surface area contributed by atoms with Gasteiger partial charge in [-0.3, -0.25) is 0 Å². The monoisotopic (exact) mass is 302 g/mol. The summed E-state index contributed by atoms with van der Waals surface area (Å²) >= 11 is 0. The molecule has 3 heterocycles. The summed E-state index contributed by atoms with van der Waals surface area (Å²) in [5, 5.41) is 4.24. The van der Waals surface area contributed by atoms with Gasteiger partial charge in [0, 0.05) is 18.4 Å². The number of hydrogen-bond donors (Lipinski definition) is 0. The fraction of sp³-hybridized carbons (Fsp3) is 0.647. The molecule has 0 N–H and O–H groups in total. The lowest BCUT2D eigenvalue weighted by molar-refractivity contribution is 0.0193. The summed E-state index contributed by atoms with van der Waals surface area (Å²) in [5.74, 6) is 3.50. The zero-order valence-corrected chi connectivity index (χ0v) is 13.3. The van der Waals surface area contributed by atoms with Crippen LogP contribution in [0, 0.1) is 5.41 Å². The number of aromatic nitrogens is 2. The maximum atomic E-state index is 5.91.